The Balaban J connectivity index is 1.30. The summed E-state index contributed by atoms with van der Waals surface area (Å²) in [5, 5.41) is 0.330. The summed E-state index contributed by atoms with van der Waals surface area (Å²) in [4.78, 5) is 40.2. The van der Waals surface area contributed by atoms with E-state index in [1.165, 1.54) is 74.9 Å². The van der Waals surface area contributed by atoms with Gasteiger partial charge in [0.05, 0.1) is 15.1 Å². The molecule has 2 atom stereocenters. The van der Waals surface area contributed by atoms with E-state index in [1.54, 1.807) is 18.2 Å². The van der Waals surface area contributed by atoms with Crippen molar-refractivity contribution in [1.29, 1.82) is 0 Å². The van der Waals surface area contributed by atoms with Gasteiger partial charge in [-0.15, -0.1) is 0 Å². The number of benzene rings is 2. The Morgan fingerprint density at radius 3 is 1.81 bits per heavy atom. The van der Waals surface area contributed by atoms with E-state index in [4.69, 9.17) is 49.0 Å². The van der Waals surface area contributed by atoms with Crippen LogP contribution >= 0.6 is 34.8 Å². The number of amides is 2. The number of nitrogens with zero attached hydrogens (tertiary/aromatic N) is 4. The zero-order chi connectivity index (χ0) is 33.7. The van der Waals surface area contributed by atoms with Gasteiger partial charge >= 0.3 is 0 Å². The lowest BCUT2D eigenvalue weighted by Crippen LogP contribution is -2.49. The minimum Gasteiger partial charge on any atom is -0.481 e. The van der Waals surface area contributed by atoms with E-state index < -0.39 is 35.7 Å². The van der Waals surface area contributed by atoms with Gasteiger partial charge in [0.1, 0.15) is 22.9 Å². The highest BCUT2D eigenvalue weighted by molar-refractivity contribution is 6.35. The molecule has 2 amide bonds. The SMILES string of the molecule is CC(Oc1ccc(Oc2ncc(Cl)cc2F)cc1)C(=O)N(C(=O)[C@@H](C)Oc1ccc(-c2ncc(Cl)cc2F)cc1)c1ncccc1Cl. The van der Waals surface area contributed by atoms with E-state index in [0.717, 1.165) is 17.0 Å². The smallest absolute Gasteiger partial charge is 0.275 e. The number of anilines is 1. The van der Waals surface area contributed by atoms with Crippen molar-refractivity contribution >= 4 is 52.4 Å². The topological polar surface area (TPSA) is 104 Å². The van der Waals surface area contributed by atoms with E-state index in [0.29, 0.717) is 5.56 Å². The van der Waals surface area contributed by atoms with Gasteiger partial charge in [0.15, 0.2) is 29.7 Å². The molecule has 240 valence electrons. The lowest BCUT2D eigenvalue weighted by Gasteiger charge is -2.27. The highest BCUT2D eigenvalue weighted by atomic mass is 35.5. The van der Waals surface area contributed by atoms with Crippen molar-refractivity contribution in [3.05, 3.63) is 118 Å². The van der Waals surface area contributed by atoms with Crippen molar-refractivity contribution in [2.24, 2.45) is 0 Å². The molecule has 9 nitrogen and oxygen atoms in total. The Morgan fingerprint density at radius 1 is 0.723 bits per heavy atom. The first-order chi connectivity index (χ1) is 22.5. The van der Waals surface area contributed by atoms with Crippen LogP contribution < -0.4 is 19.1 Å². The Bertz CT molecular complexity index is 1920. The minimum absolute atomic E-state index is 0.0417. The number of carbonyl (C=O) groups is 2. The van der Waals surface area contributed by atoms with Gasteiger partial charge in [-0.2, -0.15) is 0 Å². The average molecular weight is 700 g/mol. The first-order valence-corrected chi connectivity index (χ1v) is 15.0. The van der Waals surface area contributed by atoms with Crippen LogP contribution in [0.25, 0.3) is 11.3 Å². The van der Waals surface area contributed by atoms with Crippen LogP contribution in [-0.4, -0.2) is 39.0 Å². The molecule has 0 aliphatic rings. The highest BCUT2D eigenvalue weighted by Gasteiger charge is 2.35. The van der Waals surface area contributed by atoms with Gasteiger partial charge in [-0.3, -0.25) is 14.6 Å². The number of aromatic nitrogens is 3. The molecule has 47 heavy (non-hydrogen) atoms. The molecular formula is C33H23Cl3F2N4O5. The summed E-state index contributed by atoms with van der Waals surface area (Å²) >= 11 is 17.9. The van der Waals surface area contributed by atoms with E-state index in [1.807, 2.05) is 0 Å². The summed E-state index contributed by atoms with van der Waals surface area (Å²) < 4.78 is 45.5. The van der Waals surface area contributed by atoms with Crippen LogP contribution in [0.5, 0.6) is 23.1 Å². The molecule has 0 saturated heterocycles. The van der Waals surface area contributed by atoms with Gasteiger partial charge in [0.2, 0.25) is 0 Å². The maximum absolute atomic E-state index is 14.3. The van der Waals surface area contributed by atoms with Gasteiger partial charge in [0, 0.05) is 24.2 Å². The monoisotopic (exact) mass is 698 g/mol. The van der Waals surface area contributed by atoms with Crippen molar-refractivity contribution in [3.63, 3.8) is 0 Å². The zero-order valence-corrected chi connectivity index (χ0v) is 26.8. The van der Waals surface area contributed by atoms with Crippen LogP contribution in [-0.2, 0) is 9.59 Å². The molecule has 0 bridgehead atoms. The van der Waals surface area contributed by atoms with Gasteiger partial charge in [-0.1, -0.05) is 34.8 Å². The molecule has 5 rings (SSSR count). The lowest BCUT2D eigenvalue weighted by molar-refractivity contribution is -0.133. The quantitative estimate of drug-likeness (QED) is 0.143. The van der Waals surface area contributed by atoms with Crippen LogP contribution in [0.1, 0.15) is 13.8 Å². The van der Waals surface area contributed by atoms with Gasteiger partial charge < -0.3 is 14.2 Å². The molecule has 2 aromatic carbocycles. The number of hydrogen-bond donors (Lipinski definition) is 0. The third-order valence-electron chi connectivity index (χ3n) is 6.46. The van der Waals surface area contributed by atoms with E-state index in [-0.39, 0.29) is 49.7 Å². The van der Waals surface area contributed by atoms with Gasteiger partial charge in [0.25, 0.3) is 17.7 Å². The Hall–Kier alpha value is -4.84. The van der Waals surface area contributed by atoms with E-state index in [9.17, 15) is 18.4 Å². The molecule has 14 heteroatoms. The third-order valence-corrected chi connectivity index (χ3v) is 7.17. The molecular weight excluding hydrogens is 677 g/mol. The number of pyridine rings is 3. The number of rotatable bonds is 10. The van der Waals surface area contributed by atoms with Crippen LogP contribution in [0.4, 0.5) is 14.6 Å². The second-order valence-corrected chi connectivity index (χ2v) is 11.1. The largest absolute Gasteiger partial charge is 0.481 e. The van der Waals surface area contributed by atoms with E-state index >= 15 is 0 Å². The lowest BCUT2D eigenvalue weighted by atomic mass is 10.1. The van der Waals surface area contributed by atoms with E-state index in [2.05, 4.69) is 15.0 Å². The Labute approximate surface area is 282 Å². The minimum atomic E-state index is -1.20. The van der Waals surface area contributed by atoms with Crippen LogP contribution in [0.2, 0.25) is 15.1 Å². The van der Waals surface area contributed by atoms with Crippen molar-refractivity contribution < 1.29 is 32.6 Å². The number of ether oxygens (including phenoxy) is 3. The number of hydrogen-bond acceptors (Lipinski definition) is 8. The fourth-order valence-electron chi connectivity index (χ4n) is 4.23. The second-order valence-electron chi connectivity index (χ2n) is 9.86. The fraction of sp³-hybridized carbons (Fsp3) is 0.121. The maximum atomic E-state index is 14.3. The summed E-state index contributed by atoms with van der Waals surface area (Å²) in [5.74, 6) is -2.51. The summed E-state index contributed by atoms with van der Waals surface area (Å²) in [6.45, 7) is 2.90. The van der Waals surface area contributed by atoms with Crippen LogP contribution in [0, 0.1) is 11.6 Å². The molecule has 3 aromatic heterocycles. The predicted octanol–water partition coefficient (Wildman–Crippen LogP) is 8.36. The zero-order valence-electron chi connectivity index (χ0n) is 24.5. The van der Waals surface area contributed by atoms with Crippen molar-refractivity contribution in [2.75, 3.05) is 4.90 Å². The standard InChI is InChI=1S/C33H23Cl3F2N4O5/c1-18(45-23-7-5-20(6-8-23)29-27(37)14-21(34)16-40-29)32(43)42(30-26(36)4-3-13-39-30)33(44)19(2)46-24-9-11-25(12-10-24)47-31-28(38)15-22(35)17-41-31/h3-19H,1-2H3/t18-,19?/m1/s1. The summed E-state index contributed by atoms with van der Waals surface area (Å²) in [6, 6.07) is 17.4. The number of carbonyl (C=O) groups excluding carboxylic acids is 2. The van der Waals surface area contributed by atoms with Crippen LogP contribution in [0.3, 0.4) is 0 Å². The summed E-state index contributed by atoms with van der Waals surface area (Å²) in [7, 11) is 0. The molecule has 0 aliphatic heterocycles. The molecule has 0 radical (unpaired) electrons. The molecule has 0 N–H and O–H groups in total. The Morgan fingerprint density at radius 2 is 1.26 bits per heavy atom. The first kappa shape index (κ1) is 33.5. The van der Waals surface area contributed by atoms with Crippen molar-refractivity contribution in [1.82, 2.24) is 15.0 Å². The Kier molecular flexibility index (Phi) is 10.5. The molecule has 0 spiro atoms. The number of imide groups is 1. The molecule has 3 heterocycles. The molecule has 1 unspecified atom stereocenters. The molecule has 5 aromatic rings. The molecule has 0 saturated carbocycles. The van der Waals surface area contributed by atoms with Crippen molar-refractivity contribution in [3.8, 4) is 34.4 Å². The maximum Gasteiger partial charge on any atom is 0.275 e. The van der Waals surface area contributed by atoms with Crippen molar-refractivity contribution in [2.45, 2.75) is 26.1 Å². The highest BCUT2D eigenvalue weighted by Crippen LogP contribution is 2.29. The first-order valence-electron chi connectivity index (χ1n) is 13.8. The van der Waals surface area contributed by atoms with Crippen LogP contribution in [0.15, 0.2) is 91.4 Å². The predicted molar refractivity (Wildman–Crippen MR) is 172 cm³/mol. The molecule has 0 fully saturated rings. The fourth-order valence-corrected chi connectivity index (χ4v) is 4.72. The normalized spacial score (nSPS) is 12.1. The van der Waals surface area contributed by atoms with Gasteiger partial charge in [-0.25, -0.2) is 23.6 Å². The second kappa shape index (κ2) is 14.7. The molecule has 0 aliphatic carbocycles. The van der Waals surface area contributed by atoms with Gasteiger partial charge in [-0.05, 0) is 86.6 Å². The number of halogens is 5. The average Bonchev–Trinajstić information content (AvgIpc) is 3.04. The summed E-state index contributed by atoms with van der Waals surface area (Å²) in [6.07, 6.45) is 1.56. The third kappa shape index (κ3) is 8.12. The summed E-state index contributed by atoms with van der Waals surface area (Å²) in [5.41, 5.74) is 0.553.